The number of fused-ring (bicyclic) bond motifs is 1. The minimum Gasteiger partial charge on any atom is -0.396 e. The van der Waals surface area contributed by atoms with Crippen molar-refractivity contribution in [1.82, 2.24) is 15.3 Å². The van der Waals surface area contributed by atoms with Gasteiger partial charge < -0.3 is 10.2 Å². The lowest BCUT2D eigenvalue weighted by molar-refractivity contribution is -0.0643. The fraction of sp³-hybridized carbons (Fsp3) is 0.385. The number of hydrogen-bond acceptors (Lipinski definition) is 5. The topological polar surface area (TPSA) is 78.3 Å². The number of nitrogens with zero attached hydrogens (tertiary/aromatic N) is 2. The van der Waals surface area contributed by atoms with Crippen LogP contribution in [0.3, 0.4) is 0 Å². The maximum atomic E-state index is 10.6. The van der Waals surface area contributed by atoms with Gasteiger partial charge in [-0.2, -0.15) is 0 Å². The van der Waals surface area contributed by atoms with E-state index in [0.717, 1.165) is 5.52 Å². The van der Waals surface area contributed by atoms with Crippen molar-refractivity contribution >= 4 is 11.0 Å². The summed E-state index contributed by atoms with van der Waals surface area (Å²) in [6, 6.07) is 7.17. The second-order valence-electron chi connectivity index (χ2n) is 4.34. The summed E-state index contributed by atoms with van der Waals surface area (Å²) >= 11 is 0. The van der Waals surface area contributed by atoms with Crippen LogP contribution in [0.2, 0.25) is 0 Å². The van der Waals surface area contributed by atoms with Gasteiger partial charge >= 0.3 is 0 Å². The zero-order chi connectivity index (χ0) is 13.2. The molecule has 0 spiro atoms. The summed E-state index contributed by atoms with van der Waals surface area (Å²) in [5, 5.41) is 22.6. The average molecular weight is 247 g/mol. The van der Waals surface area contributed by atoms with Crippen molar-refractivity contribution in [3.05, 3.63) is 36.2 Å². The Labute approximate surface area is 106 Å². The Morgan fingerprint density at radius 2 is 2.11 bits per heavy atom. The van der Waals surface area contributed by atoms with Gasteiger partial charge in [0.1, 0.15) is 0 Å². The Hall–Kier alpha value is -1.56. The van der Waals surface area contributed by atoms with E-state index in [9.17, 15) is 10.2 Å². The first-order chi connectivity index (χ1) is 8.61. The predicted molar refractivity (Wildman–Crippen MR) is 68.7 cm³/mol. The van der Waals surface area contributed by atoms with Gasteiger partial charge in [0.2, 0.25) is 0 Å². The van der Waals surface area contributed by atoms with Crippen LogP contribution in [0.1, 0.15) is 12.6 Å². The molecule has 2 rings (SSSR count). The van der Waals surface area contributed by atoms with E-state index in [4.69, 9.17) is 0 Å². The zero-order valence-corrected chi connectivity index (χ0v) is 10.5. The Morgan fingerprint density at radius 1 is 1.33 bits per heavy atom. The van der Waals surface area contributed by atoms with E-state index < -0.39 is 5.72 Å². The molecule has 5 heteroatoms. The summed E-state index contributed by atoms with van der Waals surface area (Å²) in [5.41, 5.74) is 0.621. The van der Waals surface area contributed by atoms with Crippen molar-refractivity contribution in [3.63, 3.8) is 0 Å². The van der Waals surface area contributed by atoms with Crippen LogP contribution in [-0.4, -0.2) is 33.8 Å². The molecule has 2 unspecified atom stereocenters. The first-order valence-corrected chi connectivity index (χ1v) is 5.86. The van der Waals surface area contributed by atoms with Crippen molar-refractivity contribution in [1.29, 1.82) is 0 Å². The molecule has 96 valence electrons. The lowest BCUT2D eigenvalue weighted by Crippen LogP contribution is -2.47. The number of pyridine rings is 2. The second-order valence-corrected chi connectivity index (χ2v) is 4.34. The lowest BCUT2D eigenvalue weighted by Gasteiger charge is -2.32. The smallest absolute Gasteiger partial charge is 0.163 e. The standard InChI is InChI=1S/C13H17N3O2/c1-9(8-17)13(18,14-2)12-6-5-10-11(16-12)4-3-7-15-10/h3-7,9,14,17-18H,8H2,1-2H3. The van der Waals surface area contributed by atoms with Gasteiger partial charge in [-0.1, -0.05) is 6.92 Å². The van der Waals surface area contributed by atoms with Crippen LogP contribution in [0.4, 0.5) is 0 Å². The Kier molecular flexibility index (Phi) is 3.56. The van der Waals surface area contributed by atoms with Crippen molar-refractivity contribution < 1.29 is 10.2 Å². The summed E-state index contributed by atoms with van der Waals surface area (Å²) in [7, 11) is 1.64. The molecule has 2 heterocycles. The average Bonchev–Trinajstić information content (AvgIpc) is 2.44. The highest BCUT2D eigenvalue weighted by atomic mass is 16.3. The molecular formula is C13H17N3O2. The van der Waals surface area contributed by atoms with Crippen LogP contribution in [-0.2, 0) is 5.72 Å². The molecule has 5 nitrogen and oxygen atoms in total. The van der Waals surface area contributed by atoms with Crippen LogP contribution >= 0.6 is 0 Å². The van der Waals surface area contributed by atoms with Crippen molar-refractivity contribution in [2.24, 2.45) is 5.92 Å². The zero-order valence-electron chi connectivity index (χ0n) is 10.5. The number of aromatic nitrogens is 2. The summed E-state index contributed by atoms with van der Waals surface area (Å²) in [5.74, 6) is -0.371. The third kappa shape index (κ3) is 2.08. The highest BCUT2D eigenvalue weighted by molar-refractivity contribution is 5.73. The quantitative estimate of drug-likeness (QED) is 0.690. The molecule has 0 aliphatic carbocycles. The van der Waals surface area contributed by atoms with Crippen LogP contribution in [0.15, 0.2) is 30.5 Å². The third-order valence-corrected chi connectivity index (χ3v) is 3.21. The van der Waals surface area contributed by atoms with Crippen LogP contribution < -0.4 is 5.32 Å². The molecule has 2 aromatic rings. The third-order valence-electron chi connectivity index (χ3n) is 3.21. The fourth-order valence-corrected chi connectivity index (χ4v) is 1.93. The van der Waals surface area contributed by atoms with E-state index in [-0.39, 0.29) is 12.5 Å². The summed E-state index contributed by atoms with van der Waals surface area (Å²) < 4.78 is 0. The number of rotatable bonds is 4. The summed E-state index contributed by atoms with van der Waals surface area (Å²) in [4.78, 5) is 8.58. The molecule has 0 fully saturated rings. The number of hydrogen-bond donors (Lipinski definition) is 3. The summed E-state index contributed by atoms with van der Waals surface area (Å²) in [6.07, 6.45) is 1.70. The molecule has 0 saturated carbocycles. The molecule has 0 radical (unpaired) electrons. The first-order valence-electron chi connectivity index (χ1n) is 5.86. The Morgan fingerprint density at radius 3 is 2.78 bits per heavy atom. The molecule has 18 heavy (non-hydrogen) atoms. The molecular weight excluding hydrogens is 230 g/mol. The van der Waals surface area contributed by atoms with E-state index in [2.05, 4.69) is 15.3 Å². The van der Waals surface area contributed by atoms with Gasteiger partial charge in [-0.25, -0.2) is 4.98 Å². The molecule has 0 saturated heterocycles. The van der Waals surface area contributed by atoms with E-state index in [1.807, 2.05) is 12.1 Å². The first kappa shape index (κ1) is 12.9. The Bertz CT molecular complexity index is 547. The highest BCUT2D eigenvalue weighted by Gasteiger charge is 2.35. The minimum atomic E-state index is -1.35. The van der Waals surface area contributed by atoms with E-state index in [1.165, 1.54) is 0 Å². The molecule has 0 bridgehead atoms. The SMILES string of the molecule is CNC(O)(c1ccc2ncccc2n1)C(C)CO. The van der Waals surface area contributed by atoms with Crippen LogP contribution in [0.25, 0.3) is 11.0 Å². The van der Waals surface area contributed by atoms with E-state index in [1.54, 1.807) is 32.3 Å². The van der Waals surface area contributed by atoms with Crippen molar-refractivity contribution in [3.8, 4) is 0 Å². The van der Waals surface area contributed by atoms with Gasteiger partial charge in [0.05, 0.1) is 23.3 Å². The van der Waals surface area contributed by atoms with Gasteiger partial charge in [-0.3, -0.25) is 10.3 Å². The number of aliphatic hydroxyl groups is 2. The minimum absolute atomic E-state index is 0.135. The molecule has 0 aliphatic heterocycles. The number of aliphatic hydroxyl groups excluding tert-OH is 1. The highest BCUT2D eigenvalue weighted by Crippen LogP contribution is 2.26. The summed E-state index contributed by atoms with van der Waals surface area (Å²) in [6.45, 7) is 1.62. The molecule has 2 aromatic heterocycles. The molecule has 0 amide bonds. The van der Waals surface area contributed by atoms with Gasteiger partial charge in [0.15, 0.2) is 5.72 Å². The van der Waals surface area contributed by atoms with Crippen molar-refractivity contribution in [2.75, 3.05) is 13.7 Å². The molecule has 0 aromatic carbocycles. The molecule has 3 N–H and O–H groups in total. The maximum absolute atomic E-state index is 10.6. The number of nitrogens with one attached hydrogen (secondary N) is 1. The van der Waals surface area contributed by atoms with Crippen molar-refractivity contribution in [2.45, 2.75) is 12.6 Å². The van der Waals surface area contributed by atoms with Crippen LogP contribution in [0, 0.1) is 5.92 Å². The van der Waals surface area contributed by atoms with Gasteiger partial charge in [-0.05, 0) is 31.3 Å². The monoisotopic (exact) mass is 247 g/mol. The molecule has 2 atom stereocenters. The lowest BCUT2D eigenvalue weighted by atomic mass is 9.94. The van der Waals surface area contributed by atoms with Gasteiger partial charge in [-0.15, -0.1) is 0 Å². The maximum Gasteiger partial charge on any atom is 0.163 e. The Balaban J connectivity index is 2.52. The van der Waals surface area contributed by atoms with Gasteiger partial charge in [0, 0.05) is 12.1 Å². The molecule has 0 aliphatic rings. The largest absolute Gasteiger partial charge is 0.396 e. The second kappa shape index (κ2) is 4.97. The fourth-order valence-electron chi connectivity index (χ4n) is 1.93. The normalized spacial score (nSPS) is 16.4. The van der Waals surface area contributed by atoms with E-state index in [0.29, 0.717) is 11.2 Å². The van der Waals surface area contributed by atoms with E-state index >= 15 is 0 Å². The van der Waals surface area contributed by atoms with Gasteiger partial charge in [0.25, 0.3) is 0 Å². The predicted octanol–water partition coefficient (Wildman–Crippen LogP) is 0.623. The van der Waals surface area contributed by atoms with Crippen LogP contribution in [0.5, 0.6) is 0 Å².